The van der Waals surface area contributed by atoms with Crippen LogP contribution in [-0.4, -0.2) is 36.0 Å². The molecule has 2 rings (SSSR count). The average molecular weight is 191 g/mol. The molecule has 14 heavy (non-hydrogen) atoms. The Balaban J connectivity index is 2.36. The molecule has 0 aliphatic heterocycles. The molecule has 2 heterocycles. The summed E-state index contributed by atoms with van der Waals surface area (Å²) < 4.78 is 1.39. The Morgan fingerprint density at radius 1 is 1.36 bits per heavy atom. The van der Waals surface area contributed by atoms with Crippen LogP contribution in [0.25, 0.3) is 5.82 Å². The van der Waals surface area contributed by atoms with Crippen molar-refractivity contribution in [2.24, 2.45) is 0 Å². The lowest BCUT2D eigenvalue weighted by Crippen LogP contribution is -2.04. The largest absolute Gasteiger partial charge is 0.476 e. The summed E-state index contributed by atoms with van der Waals surface area (Å²) in [6.45, 7) is 0. The maximum absolute atomic E-state index is 10.5. The molecule has 0 unspecified atom stereocenters. The zero-order valence-corrected chi connectivity index (χ0v) is 6.90. The van der Waals surface area contributed by atoms with E-state index in [0.29, 0.717) is 5.82 Å². The highest BCUT2D eigenvalue weighted by molar-refractivity contribution is 5.84. The molecule has 2 aromatic rings. The van der Waals surface area contributed by atoms with Crippen molar-refractivity contribution in [1.82, 2.24) is 25.0 Å². The third-order valence-corrected chi connectivity index (χ3v) is 1.51. The Hall–Kier alpha value is -2.31. The zero-order chi connectivity index (χ0) is 9.97. The second-order valence-corrected chi connectivity index (χ2v) is 2.41. The van der Waals surface area contributed by atoms with Gasteiger partial charge >= 0.3 is 5.97 Å². The van der Waals surface area contributed by atoms with E-state index in [1.807, 2.05) is 0 Å². The maximum Gasteiger partial charge on any atom is 0.356 e. The van der Waals surface area contributed by atoms with Crippen LogP contribution in [0.3, 0.4) is 0 Å². The summed E-state index contributed by atoms with van der Waals surface area (Å²) in [5, 5.41) is 15.8. The number of aromatic nitrogens is 5. The van der Waals surface area contributed by atoms with Crippen LogP contribution in [0.15, 0.2) is 24.8 Å². The van der Waals surface area contributed by atoms with E-state index in [1.54, 1.807) is 6.20 Å². The van der Waals surface area contributed by atoms with E-state index >= 15 is 0 Å². The molecule has 0 amide bonds. The van der Waals surface area contributed by atoms with Crippen molar-refractivity contribution in [3.05, 3.63) is 30.5 Å². The first kappa shape index (κ1) is 8.30. The van der Waals surface area contributed by atoms with Crippen molar-refractivity contribution in [2.75, 3.05) is 0 Å². The molecule has 0 atom stereocenters. The summed E-state index contributed by atoms with van der Waals surface area (Å²) in [6.07, 6.45) is 5.56. The van der Waals surface area contributed by atoms with E-state index in [-0.39, 0.29) is 5.69 Å². The number of carboxylic acids is 1. The van der Waals surface area contributed by atoms with Gasteiger partial charge in [0.25, 0.3) is 0 Å². The first-order chi connectivity index (χ1) is 6.77. The van der Waals surface area contributed by atoms with Gasteiger partial charge in [0.15, 0.2) is 11.5 Å². The molecule has 70 valence electrons. The maximum atomic E-state index is 10.5. The Morgan fingerprint density at radius 2 is 2.21 bits per heavy atom. The van der Waals surface area contributed by atoms with Crippen molar-refractivity contribution >= 4 is 5.97 Å². The molecule has 1 N–H and O–H groups in total. The van der Waals surface area contributed by atoms with Crippen LogP contribution in [0.2, 0.25) is 0 Å². The van der Waals surface area contributed by atoms with Crippen LogP contribution in [0, 0.1) is 0 Å². The minimum atomic E-state index is -1.11. The molecular weight excluding hydrogens is 186 g/mol. The van der Waals surface area contributed by atoms with Crippen molar-refractivity contribution in [3.8, 4) is 5.82 Å². The van der Waals surface area contributed by atoms with Crippen LogP contribution in [0.5, 0.6) is 0 Å². The van der Waals surface area contributed by atoms with Gasteiger partial charge in [-0.2, -0.15) is 0 Å². The molecule has 0 spiro atoms. The van der Waals surface area contributed by atoms with Crippen LogP contribution >= 0.6 is 0 Å². The molecule has 0 radical (unpaired) electrons. The molecule has 0 saturated heterocycles. The fraction of sp³-hybridized carbons (Fsp3) is 0. The lowest BCUT2D eigenvalue weighted by atomic mass is 10.4. The van der Waals surface area contributed by atoms with Crippen molar-refractivity contribution in [1.29, 1.82) is 0 Å². The molecule has 0 aliphatic rings. The highest BCUT2D eigenvalue weighted by Gasteiger charge is 2.05. The predicted octanol–water partition coefficient (Wildman–Crippen LogP) is -0.245. The van der Waals surface area contributed by atoms with Crippen LogP contribution < -0.4 is 0 Å². The number of carbonyl (C=O) groups is 1. The monoisotopic (exact) mass is 191 g/mol. The molecule has 0 saturated carbocycles. The standard InChI is InChI=1S/C7H5N5O2/c13-7(14)5-3-9-6(4-8-5)12-2-1-10-11-12/h1-4H,(H,13,14). The van der Waals surface area contributed by atoms with E-state index < -0.39 is 5.97 Å². The van der Waals surface area contributed by atoms with Gasteiger partial charge in [-0.1, -0.05) is 5.21 Å². The highest BCUT2D eigenvalue weighted by atomic mass is 16.4. The fourth-order valence-corrected chi connectivity index (χ4v) is 0.880. The van der Waals surface area contributed by atoms with Crippen molar-refractivity contribution in [2.45, 2.75) is 0 Å². The quantitative estimate of drug-likeness (QED) is 0.703. The van der Waals surface area contributed by atoms with Gasteiger partial charge in [0, 0.05) is 0 Å². The lowest BCUT2D eigenvalue weighted by molar-refractivity contribution is 0.0690. The van der Waals surface area contributed by atoms with Gasteiger partial charge in [-0.15, -0.1) is 5.10 Å². The van der Waals surface area contributed by atoms with E-state index in [4.69, 9.17) is 5.11 Å². The summed E-state index contributed by atoms with van der Waals surface area (Å²) in [6, 6.07) is 0. The van der Waals surface area contributed by atoms with Crippen LogP contribution in [-0.2, 0) is 0 Å². The number of rotatable bonds is 2. The minimum Gasteiger partial charge on any atom is -0.476 e. The summed E-state index contributed by atoms with van der Waals surface area (Å²) in [5.41, 5.74) is -0.103. The minimum absolute atomic E-state index is 0.103. The van der Waals surface area contributed by atoms with Gasteiger partial charge in [-0.3, -0.25) is 0 Å². The molecule has 7 nitrogen and oxygen atoms in total. The third-order valence-electron chi connectivity index (χ3n) is 1.51. The van der Waals surface area contributed by atoms with Gasteiger partial charge in [-0.05, 0) is 0 Å². The van der Waals surface area contributed by atoms with E-state index in [2.05, 4.69) is 20.3 Å². The Kier molecular flexibility index (Phi) is 1.90. The molecule has 0 fully saturated rings. The van der Waals surface area contributed by atoms with Gasteiger partial charge in [-0.25, -0.2) is 19.4 Å². The van der Waals surface area contributed by atoms with Gasteiger partial charge in [0.05, 0.1) is 24.8 Å². The molecular formula is C7H5N5O2. The fourth-order valence-electron chi connectivity index (χ4n) is 0.880. The number of carboxylic acid groups (broad SMARTS) is 1. The summed E-state index contributed by atoms with van der Waals surface area (Å²) in [7, 11) is 0. The first-order valence-corrected chi connectivity index (χ1v) is 3.69. The zero-order valence-electron chi connectivity index (χ0n) is 6.90. The van der Waals surface area contributed by atoms with Gasteiger partial charge in [0.1, 0.15) is 0 Å². The average Bonchev–Trinajstić information content (AvgIpc) is 2.71. The number of aromatic carboxylic acids is 1. The van der Waals surface area contributed by atoms with Gasteiger partial charge < -0.3 is 5.11 Å². The van der Waals surface area contributed by atoms with E-state index in [1.165, 1.54) is 23.3 Å². The predicted molar refractivity (Wildman–Crippen MR) is 43.9 cm³/mol. The number of hydrogen-bond acceptors (Lipinski definition) is 5. The summed E-state index contributed by atoms with van der Waals surface area (Å²) in [5.74, 6) is -0.685. The second-order valence-electron chi connectivity index (χ2n) is 2.41. The van der Waals surface area contributed by atoms with E-state index in [0.717, 1.165) is 0 Å². The summed E-state index contributed by atoms with van der Waals surface area (Å²) in [4.78, 5) is 18.0. The molecule has 2 aromatic heterocycles. The Bertz CT molecular complexity index is 436. The molecule has 0 aromatic carbocycles. The number of nitrogens with zero attached hydrogens (tertiary/aromatic N) is 5. The Morgan fingerprint density at radius 3 is 2.71 bits per heavy atom. The molecule has 0 aliphatic carbocycles. The Labute approximate surface area is 78.0 Å². The van der Waals surface area contributed by atoms with E-state index in [9.17, 15) is 4.79 Å². The van der Waals surface area contributed by atoms with Crippen LogP contribution in [0.1, 0.15) is 10.5 Å². The van der Waals surface area contributed by atoms with Crippen LogP contribution in [0.4, 0.5) is 0 Å². The lowest BCUT2D eigenvalue weighted by Gasteiger charge is -1.97. The highest BCUT2D eigenvalue weighted by Crippen LogP contribution is 1.99. The first-order valence-electron chi connectivity index (χ1n) is 3.69. The second kappa shape index (κ2) is 3.21. The number of hydrogen-bond donors (Lipinski definition) is 1. The van der Waals surface area contributed by atoms with Gasteiger partial charge in [0.2, 0.25) is 0 Å². The van der Waals surface area contributed by atoms with Crippen molar-refractivity contribution < 1.29 is 9.90 Å². The molecule has 0 bridgehead atoms. The molecule has 7 heteroatoms. The summed E-state index contributed by atoms with van der Waals surface area (Å²) >= 11 is 0. The SMILES string of the molecule is O=C(O)c1cnc(-n2ccnn2)cn1. The smallest absolute Gasteiger partial charge is 0.356 e. The van der Waals surface area contributed by atoms with Crippen molar-refractivity contribution in [3.63, 3.8) is 0 Å². The topological polar surface area (TPSA) is 93.8 Å². The third kappa shape index (κ3) is 1.42. The normalized spacial score (nSPS) is 10.0.